The van der Waals surface area contributed by atoms with Crippen LogP contribution in [0.3, 0.4) is 0 Å². The molecule has 0 spiro atoms. The molecule has 1 rings (SSSR count). The predicted octanol–water partition coefficient (Wildman–Crippen LogP) is 0.292. The van der Waals surface area contributed by atoms with Gasteiger partial charge in [-0.3, -0.25) is 4.79 Å². The van der Waals surface area contributed by atoms with Crippen LogP contribution in [-0.2, 0) is 14.8 Å². The quantitative estimate of drug-likeness (QED) is 0.707. The predicted molar refractivity (Wildman–Crippen MR) is 79.7 cm³/mol. The molecule has 1 aliphatic heterocycles. The second-order valence-corrected chi connectivity index (χ2v) is 7.40. The van der Waals surface area contributed by atoms with Crippen molar-refractivity contribution in [2.75, 3.05) is 25.9 Å². The first kappa shape index (κ1) is 17.4. The van der Waals surface area contributed by atoms with Crippen molar-refractivity contribution in [2.45, 2.75) is 45.1 Å². The molecule has 3 N–H and O–H groups in total. The van der Waals surface area contributed by atoms with Gasteiger partial charge in [-0.2, -0.15) is 0 Å². The van der Waals surface area contributed by atoms with E-state index in [1.165, 1.54) is 0 Å². The highest BCUT2D eigenvalue weighted by atomic mass is 32.2. The first-order valence-electron chi connectivity index (χ1n) is 7.31. The van der Waals surface area contributed by atoms with E-state index in [1.54, 1.807) is 0 Å². The second-order valence-electron chi connectivity index (χ2n) is 5.57. The van der Waals surface area contributed by atoms with Crippen molar-refractivity contribution in [1.29, 1.82) is 0 Å². The normalized spacial score (nSPS) is 21.8. The number of piperidine rings is 1. The van der Waals surface area contributed by atoms with Crippen LogP contribution in [0.25, 0.3) is 0 Å². The van der Waals surface area contributed by atoms with Gasteiger partial charge >= 0.3 is 0 Å². The van der Waals surface area contributed by atoms with Gasteiger partial charge in [0.2, 0.25) is 15.9 Å². The molecule has 0 aromatic carbocycles. The van der Waals surface area contributed by atoms with Crippen molar-refractivity contribution < 1.29 is 13.2 Å². The topological polar surface area (TPSA) is 92.5 Å². The summed E-state index contributed by atoms with van der Waals surface area (Å²) in [5, 5.41) is 0. The van der Waals surface area contributed by atoms with E-state index < -0.39 is 10.0 Å². The number of hydrogen-bond donors (Lipinski definition) is 2. The van der Waals surface area contributed by atoms with Crippen molar-refractivity contribution in [3.05, 3.63) is 0 Å². The van der Waals surface area contributed by atoms with E-state index in [0.717, 1.165) is 38.5 Å². The van der Waals surface area contributed by atoms with Crippen LogP contribution in [0.1, 0.15) is 39.0 Å². The molecule has 1 aliphatic rings. The Kier molecular flexibility index (Phi) is 6.91. The van der Waals surface area contributed by atoms with Crippen LogP contribution in [0.4, 0.5) is 0 Å². The van der Waals surface area contributed by atoms with E-state index in [-0.39, 0.29) is 17.9 Å². The Bertz CT molecular complexity index is 407. The summed E-state index contributed by atoms with van der Waals surface area (Å²) in [5.74, 6) is 0.315. The maximum absolute atomic E-state index is 12.4. The smallest absolute Gasteiger partial charge is 0.223 e. The van der Waals surface area contributed by atoms with Gasteiger partial charge in [0.15, 0.2) is 0 Å². The molecule has 1 heterocycles. The van der Waals surface area contributed by atoms with Gasteiger partial charge in [-0.1, -0.05) is 13.3 Å². The monoisotopic (exact) mass is 305 g/mol. The van der Waals surface area contributed by atoms with Crippen LogP contribution >= 0.6 is 0 Å². The Balaban J connectivity index is 2.61. The Morgan fingerprint density at radius 3 is 2.70 bits per heavy atom. The number of carbonyl (C=O) groups is 1. The molecule has 6 nitrogen and oxygen atoms in total. The first-order valence-corrected chi connectivity index (χ1v) is 9.20. The summed E-state index contributed by atoms with van der Waals surface area (Å²) < 4.78 is 24.9. The van der Waals surface area contributed by atoms with Crippen LogP contribution in [0.2, 0.25) is 0 Å². The molecule has 118 valence electrons. The van der Waals surface area contributed by atoms with Gasteiger partial charge in [0.25, 0.3) is 0 Å². The molecule has 1 fully saturated rings. The molecule has 0 radical (unpaired) electrons. The van der Waals surface area contributed by atoms with Crippen LogP contribution < -0.4 is 10.5 Å². The number of nitrogens with zero attached hydrogens (tertiary/aromatic N) is 1. The lowest BCUT2D eigenvalue weighted by Gasteiger charge is -2.36. The number of hydrogen-bond acceptors (Lipinski definition) is 4. The van der Waals surface area contributed by atoms with E-state index in [1.807, 2.05) is 11.8 Å². The van der Waals surface area contributed by atoms with Gasteiger partial charge in [-0.05, 0) is 31.7 Å². The average Bonchev–Trinajstić information content (AvgIpc) is 2.41. The number of likely N-dealkylation sites (tertiary alicyclic amines) is 1. The third kappa shape index (κ3) is 5.76. The molecule has 2 unspecified atom stereocenters. The Labute approximate surface area is 122 Å². The average molecular weight is 305 g/mol. The number of nitrogens with two attached hydrogens (primary N) is 1. The molecular formula is C13H27N3O3S. The van der Waals surface area contributed by atoms with Crippen LogP contribution in [-0.4, -0.2) is 51.2 Å². The van der Waals surface area contributed by atoms with Crippen molar-refractivity contribution in [3.8, 4) is 0 Å². The molecule has 20 heavy (non-hydrogen) atoms. The van der Waals surface area contributed by atoms with Gasteiger partial charge in [0, 0.05) is 25.6 Å². The minimum absolute atomic E-state index is 0.0266. The Hall–Kier alpha value is -0.660. The van der Waals surface area contributed by atoms with Crippen molar-refractivity contribution in [2.24, 2.45) is 11.7 Å². The standard InChI is InChI=1S/C13H27N3O3S/c1-3-11(9-14)8-13(17)16-7-5-4-6-12(16)10-15-20(2,18)19/h11-12,15H,3-10,14H2,1-2H3. The van der Waals surface area contributed by atoms with Crippen molar-refractivity contribution >= 4 is 15.9 Å². The molecule has 0 bridgehead atoms. The van der Waals surface area contributed by atoms with E-state index in [0.29, 0.717) is 19.5 Å². The van der Waals surface area contributed by atoms with E-state index in [2.05, 4.69) is 4.72 Å². The fourth-order valence-electron chi connectivity index (χ4n) is 2.55. The van der Waals surface area contributed by atoms with Crippen LogP contribution in [0, 0.1) is 5.92 Å². The maximum Gasteiger partial charge on any atom is 0.223 e. The molecule has 0 aromatic rings. The lowest BCUT2D eigenvalue weighted by atomic mass is 9.98. The summed E-state index contributed by atoms with van der Waals surface area (Å²) in [6, 6.07) is -0.0266. The summed E-state index contributed by atoms with van der Waals surface area (Å²) in [6.45, 7) is 3.58. The number of carbonyl (C=O) groups excluding carboxylic acids is 1. The second kappa shape index (κ2) is 7.95. The van der Waals surface area contributed by atoms with Crippen molar-refractivity contribution in [3.63, 3.8) is 0 Å². The van der Waals surface area contributed by atoms with E-state index >= 15 is 0 Å². The van der Waals surface area contributed by atoms with Gasteiger partial charge in [-0.25, -0.2) is 13.1 Å². The van der Waals surface area contributed by atoms with Gasteiger partial charge in [0.05, 0.1) is 6.26 Å². The number of amides is 1. The Morgan fingerprint density at radius 1 is 1.45 bits per heavy atom. The minimum Gasteiger partial charge on any atom is -0.338 e. The highest BCUT2D eigenvalue weighted by Crippen LogP contribution is 2.19. The highest BCUT2D eigenvalue weighted by molar-refractivity contribution is 7.88. The summed E-state index contributed by atoms with van der Waals surface area (Å²) in [7, 11) is -3.21. The lowest BCUT2D eigenvalue weighted by molar-refractivity contribution is -0.135. The molecule has 2 atom stereocenters. The molecule has 0 aromatic heterocycles. The van der Waals surface area contributed by atoms with Crippen molar-refractivity contribution in [1.82, 2.24) is 9.62 Å². The highest BCUT2D eigenvalue weighted by Gasteiger charge is 2.28. The van der Waals surface area contributed by atoms with Crippen LogP contribution in [0.15, 0.2) is 0 Å². The maximum atomic E-state index is 12.4. The lowest BCUT2D eigenvalue weighted by Crippen LogP contribution is -2.49. The SMILES string of the molecule is CCC(CN)CC(=O)N1CCCCC1CNS(C)(=O)=O. The first-order chi connectivity index (χ1) is 9.37. The fourth-order valence-corrected chi connectivity index (χ4v) is 3.04. The van der Waals surface area contributed by atoms with Gasteiger partial charge < -0.3 is 10.6 Å². The summed E-state index contributed by atoms with van der Waals surface area (Å²) >= 11 is 0. The zero-order chi connectivity index (χ0) is 15.2. The molecule has 1 saturated heterocycles. The summed E-state index contributed by atoms with van der Waals surface area (Å²) in [4.78, 5) is 14.2. The number of sulfonamides is 1. The third-order valence-corrected chi connectivity index (χ3v) is 4.59. The zero-order valence-electron chi connectivity index (χ0n) is 12.5. The molecular weight excluding hydrogens is 278 g/mol. The molecule has 0 aliphatic carbocycles. The summed E-state index contributed by atoms with van der Waals surface area (Å²) in [5.41, 5.74) is 5.65. The molecule has 0 saturated carbocycles. The van der Waals surface area contributed by atoms with E-state index in [4.69, 9.17) is 5.73 Å². The third-order valence-electron chi connectivity index (χ3n) is 3.90. The minimum atomic E-state index is -3.21. The Morgan fingerprint density at radius 2 is 2.15 bits per heavy atom. The largest absolute Gasteiger partial charge is 0.338 e. The zero-order valence-corrected chi connectivity index (χ0v) is 13.3. The van der Waals surface area contributed by atoms with Gasteiger partial charge in [-0.15, -0.1) is 0 Å². The van der Waals surface area contributed by atoms with Gasteiger partial charge in [0.1, 0.15) is 0 Å². The molecule has 1 amide bonds. The van der Waals surface area contributed by atoms with E-state index in [9.17, 15) is 13.2 Å². The fraction of sp³-hybridized carbons (Fsp3) is 0.923. The number of rotatable bonds is 7. The molecule has 7 heteroatoms. The summed E-state index contributed by atoms with van der Waals surface area (Å²) in [6.07, 6.45) is 5.37. The van der Waals surface area contributed by atoms with Crippen LogP contribution in [0.5, 0.6) is 0 Å². The number of nitrogens with one attached hydrogen (secondary N) is 1.